The van der Waals surface area contributed by atoms with Crippen molar-refractivity contribution in [2.75, 3.05) is 6.54 Å². The molecule has 0 aliphatic carbocycles. The van der Waals surface area contributed by atoms with Crippen LogP contribution in [0.3, 0.4) is 0 Å². The highest BCUT2D eigenvalue weighted by Crippen LogP contribution is 2.18. The Morgan fingerprint density at radius 1 is 1.20 bits per heavy atom. The van der Waals surface area contributed by atoms with Crippen molar-refractivity contribution in [3.8, 4) is 5.75 Å². The monoisotopic (exact) mass is 290 g/mol. The quantitative estimate of drug-likeness (QED) is 0.787. The van der Waals surface area contributed by atoms with Crippen LogP contribution in [-0.4, -0.2) is 11.5 Å². The first kappa shape index (κ1) is 15.0. The molecular weight excluding hydrogens is 268 g/mol. The summed E-state index contributed by atoms with van der Waals surface area (Å²) in [5.41, 5.74) is 3.45. The molecule has 0 atom stereocenters. The number of ether oxygens (including phenoxy) is 1. The lowest BCUT2D eigenvalue weighted by Gasteiger charge is -2.06. The first-order valence-corrected chi connectivity index (χ1v) is 7.90. The first-order chi connectivity index (χ1) is 9.67. The molecule has 1 aromatic carbocycles. The summed E-state index contributed by atoms with van der Waals surface area (Å²) in [4.78, 5) is 4.57. The summed E-state index contributed by atoms with van der Waals surface area (Å²) in [6, 6.07) is 6.26. The zero-order valence-electron chi connectivity index (χ0n) is 12.4. The lowest BCUT2D eigenvalue weighted by molar-refractivity contribution is 0.301. The minimum atomic E-state index is 0.535. The van der Waals surface area contributed by atoms with Gasteiger partial charge >= 0.3 is 0 Å². The molecule has 108 valence electrons. The molecule has 0 aliphatic heterocycles. The number of nitrogens with one attached hydrogen (secondary N) is 1. The van der Waals surface area contributed by atoms with Gasteiger partial charge in [0.25, 0.3) is 0 Å². The molecule has 0 unspecified atom stereocenters. The predicted molar refractivity (Wildman–Crippen MR) is 84.4 cm³/mol. The van der Waals surface area contributed by atoms with Crippen molar-refractivity contribution < 1.29 is 4.74 Å². The summed E-state index contributed by atoms with van der Waals surface area (Å²) < 4.78 is 5.82. The van der Waals surface area contributed by atoms with Crippen LogP contribution in [0.4, 0.5) is 0 Å². The summed E-state index contributed by atoms with van der Waals surface area (Å²) in [6.07, 6.45) is 1.15. The number of rotatable bonds is 7. The summed E-state index contributed by atoms with van der Waals surface area (Å²) in [6.45, 7) is 8.75. The van der Waals surface area contributed by atoms with Crippen molar-refractivity contribution in [1.82, 2.24) is 10.3 Å². The van der Waals surface area contributed by atoms with E-state index in [1.807, 2.05) is 0 Å². The molecule has 20 heavy (non-hydrogen) atoms. The maximum absolute atomic E-state index is 5.82. The van der Waals surface area contributed by atoms with Gasteiger partial charge < -0.3 is 10.1 Å². The lowest BCUT2D eigenvalue weighted by atomic mass is 10.1. The van der Waals surface area contributed by atoms with Gasteiger partial charge in [0.05, 0.1) is 5.69 Å². The second-order valence-corrected chi connectivity index (χ2v) is 5.96. The molecule has 0 saturated heterocycles. The summed E-state index contributed by atoms with van der Waals surface area (Å²) >= 11 is 1.69. The van der Waals surface area contributed by atoms with Crippen molar-refractivity contribution in [1.29, 1.82) is 0 Å². The van der Waals surface area contributed by atoms with Gasteiger partial charge in [-0.1, -0.05) is 13.0 Å². The minimum absolute atomic E-state index is 0.535. The van der Waals surface area contributed by atoms with Crippen LogP contribution in [0.15, 0.2) is 23.6 Å². The third-order valence-corrected chi connectivity index (χ3v) is 3.78. The topological polar surface area (TPSA) is 34.2 Å². The molecule has 0 radical (unpaired) electrons. The molecule has 0 saturated carbocycles. The molecule has 0 amide bonds. The van der Waals surface area contributed by atoms with Crippen molar-refractivity contribution in [2.24, 2.45) is 0 Å². The van der Waals surface area contributed by atoms with Gasteiger partial charge in [-0.25, -0.2) is 4.98 Å². The first-order valence-electron chi connectivity index (χ1n) is 7.02. The minimum Gasteiger partial charge on any atom is -0.487 e. The van der Waals surface area contributed by atoms with Crippen molar-refractivity contribution in [3.05, 3.63) is 45.4 Å². The maximum atomic E-state index is 5.82. The van der Waals surface area contributed by atoms with Gasteiger partial charge in [0.2, 0.25) is 0 Å². The van der Waals surface area contributed by atoms with Crippen LogP contribution in [0.2, 0.25) is 0 Å². The fourth-order valence-corrected chi connectivity index (χ4v) is 2.79. The molecule has 0 aliphatic rings. The van der Waals surface area contributed by atoms with E-state index in [9.17, 15) is 0 Å². The number of nitrogens with zero attached hydrogens (tertiary/aromatic N) is 1. The van der Waals surface area contributed by atoms with Gasteiger partial charge in [0.15, 0.2) is 0 Å². The molecule has 1 aromatic heterocycles. The van der Waals surface area contributed by atoms with Crippen molar-refractivity contribution in [2.45, 2.75) is 40.3 Å². The average Bonchev–Trinajstić information content (AvgIpc) is 2.84. The predicted octanol–water partition coefficient (Wildman–Crippen LogP) is 3.84. The van der Waals surface area contributed by atoms with Gasteiger partial charge in [-0.3, -0.25) is 0 Å². The Morgan fingerprint density at radius 3 is 2.65 bits per heavy atom. The highest BCUT2D eigenvalue weighted by molar-refractivity contribution is 7.09. The fraction of sp³-hybridized carbons (Fsp3) is 0.438. The zero-order valence-corrected chi connectivity index (χ0v) is 13.2. The van der Waals surface area contributed by atoms with Crippen molar-refractivity contribution >= 4 is 11.3 Å². The Hall–Kier alpha value is -1.39. The van der Waals surface area contributed by atoms with E-state index in [1.165, 1.54) is 11.1 Å². The van der Waals surface area contributed by atoms with Crippen LogP contribution >= 0.6 is 11.3 Å². The second kappa shape index (κ2) is 7.41. The van der Waals surface area contributed by atoms with Crippen LogP contribution in [0.25, 0.3) is 0 Å². The third-order valence-electron chi connectivity index (χ3n) is 2.88. The number of aryl methyl sites for hydroxylation is 2. The number of benzene rings is 1. The SMILES string of the molecule is CCCNCc1nc(COc2cc(C)cc(C)c2)cs1. The number of hydrogen-bond donors (Lipinski definition) is 1. The average molecular weight is 290 g/mol. The third kappa shape index (κ3) is 4.62. The van der Waals surface area contributed by atoms with Crippen LogP contribution < -0.4 is 10.1 Å². The van der Waals surface area contributed by atoms with Crippen LogP contribution in [0.5, 0.6) is 5.75 Å². The molecule has 2 aromatic rings. The summed E-state index contributed by atoms with van der Waals surface area (Å²) in [5, 5.41) is 6.56. The van der Waals surface area contributed by atoms with E-state index >= 15 is 0 Å². The van der Waals surface area contributed by atoms with Gasteiger partial charge in [-0.2, -0.15) is 0 Å². The number of hydrogen-bond acceptors (Lipinski definition) is 4. The molecule has 4 heteroatoms. The molecule has 2 rings (SSSR count). The molecule has 3 nitrogen and oxygen atoms in total. The summed E-state index contributed by atoms with van der Waals surface area (Å²) in [7, 11) is 0. The van der Waals surface area contributed by atoms with E-state index in [-0.39, 0.29) is 0 Å². The molecule has 0 spiro atoms. The molecule has 0 fully saturated rings. The molecule has 1 heterocycles. The van der Waals surface area contributed by atoms with Gasteiger partial charge in [-0.05, 0) is 50.1 Å². The Balaban J connectivity index is 1.87. The van der Waals surface area contributed by atoms with Crippen LogP contribution in [-0.2, 0) is 13.2 Å². The molecule has 1 N–H and O–H groups in total. The van der Waals surface area contributed by atoms with Gasteiger partial charge in [0.1, 0.15) is 17.4 Å². The smallest absolute Gasteiger partial charge is 0.131 e. The van der Waals surface area contributed by atoms with Crippen LogP contribution in [0, 0.1) is 13.8 Å². The van der Waals surface area contributed by atoms with E-state index in [0.717, 1.165) is 36.0 Å². The molecule has 0 bridgehead atoms. The molecular formula is C16H22N2OS. The largest absolute Gasteiger partial charge is 0.487 e. The lowest BCUT2D eigenvalue weighted by Crippen LogP contribution is -2.13. The maximum Gasteiger partial charge on any atom is 0.131 e. The normalized spacial score (nSPS) is 10.8. The highest BCUT2D eigenvalue weighted by Gasteiger charge is 2.03. The van der Waals surface area contributed by atoms with Crippen molar-refractivity contribution in [3.63, 3.8) is 0 Å². The fourth-order valence-electron chi connectivity index (χ4n) is 2.04. The zero-order chi connectivity index (χ0) is 14.4. The Bertz CT molecular complexity index is 531. The Kier molecular flexibility index (Phi) is 5.56. The summed E-state index contributed by atoms with van der Waals surface area (Å²) in [5.74, 6) is 0.918. The Morgan fingerprint density at radius 2 is 1.95 bits per heavy atom. The van der Waals surface area contributed by atoms with Gasteiger partial charge in [0, 0.05) is 11.9 Å². The van der Waals surface area contributed by atoms with Crippen LogP contribution in [0.1, 0.15) is 35.2 Å². The number of aromatic nitrogens is 1. The van der Waals surface area contributed by atoms with E-state index < -0.39 is 0 Å². The number of thiazole rings is 1. The van der Waals surface area contributed by atoms with E-state index in [4.69, 9.17) is 4.74 Å². The van der Waals surface area contributed by atoms with E-state index in [2.05, 4.69) is 54.7 Å². The Labute approximate surface area is 125 Å². The van der Waals surface area contributed by atoms with E-state index in [0.29, 0.717) is 6.61 Å². The standard InChI is InChI=1S/C16H22N2OS/c1-4-5-17-9-16-18-14(11-20-16)10-19-15-7-12(2)6-13(3)8-15/h6-8,11,17H,4-5,9-10H2,1-3H3. The van der Waals surface area contributed by atoms with Gasteiger partial charge in [-0.15, -0.1) is 11.3 Å². The van der Waals surface area contributed by atoms with E-state index in [1.54, 1.807) is 11.3 Å². The second-order valence-electron chi connectivity index (χ2n) is 5.02. The highest BCUT2D eigenvalue weighted by atomic mass is 32.1.